The molecule has 1 heterocycles. The maximum atomic E-state index is 13.7. The first-order chi connectivity index (χ1) is 9.70. The molecule has 1 aliphatic rings. The summed E-state index contributed by atoms with van der Waals surface area (Å²) in [6, 6.07) is 2.86. The Labute approximate surface area is 118 Å². The van der Waals surface area contributed by atoms with Crippen LogP contribution in [0, 0.1) is 5.82 Å². The second-order valence-corrected chi connectivity index (χ2v) is 4.67. The Hall–Kier alpha value is -1.53. The Morgan fingerprint density at radius 1 is 1.45 bits per heavy atom. The number of rotatable bonds is 6. The molecule has 2 rings (SSSR count). The molecule has 1 aromatic rings. The van der Waals surface area contributed by atoms with Crippen molar-refractivity contribution in [3.8, 4) is 5.75 Å². The van der Waals surface area contributed by atoms with Crippen LogP contribution in [0.5, 0.6) is 5.75 Å². The van der Waals surface area contributed by atoms with E-state index >= 15 is 0 Å². The largest absolute Gasteiger partial charge is 0.490 e. The predicted octanol–water partition coefficient (Wildman–Crippen LogP) is 2.02. The van der Waals surface area contributed by atoms with Crippen molar-refractivity contribution in [3.05, 3.63) is 17.9 Å². The number of halogens is 1. The summed E-state index contributed by atoms with van der Waals surface area (Å²) >= 11 is 0. The maximum absolute atomic E-state index is 13.7. The number of hydrogen-bond acceptors (Lipinski definition) is 5. The van der Waals surface area contributed by atoms with E-state index in [2.05, 4.69) is 5.32 Å². The fourth-order valence-electron chi connectivity index (χ4n) is 1.92. The number of nitrogens with two attached hydrogens (primary N) is 1. The van der Waals surface area contributed by atoms with Crippen LogP contribution in [0.1, 0.15) is 13.3 Å². The molecule has 3 N–H and O–H groups in total. The van der Waals surface area contributed by atoms with Gasteiger partial charge in [0.15, 0.2) is 11.6 Å². The van der Waals surface area contributed by atoms with E-state index in [9.17, 15) is 4.39 Å². The quantitative estimate of drug-likeness (QED) is 0.782. The van der Waals surface area contributed by atoms with Gasteiger partial charge in [-0.25, -0.2) is 4.39 Å². The van der Waals surface area contributed by atoms with Crippen molar-refractivity contribution in [2.75, 3.05) is 44.0 Å². The number of hydrogen-bond donors (Lipinski definition) is 2. The van der Waals surface area contributed by atoms with Crippen molar-refractivity contribution in [3.63, 3.8) is 0 Å². The average Bonchev–Trinajstić information content (AvgIpc) is 2.46. The molecule has 0 radical (unpaired) electrons. The topological polar surface area (TPSA) is 65.7 Å². The molecule has 5 nitrogen and oxygen atoms in total. The Morgan fingerprint density at radius 3 is 3.00 bits per heavy atom. The van der Waals surface area contributed by atoms with E-state index in [4.69, 9.17) is 19.9 Å². The van der Waals surface area contributed by atoms with Crippen molar-refractivity contribution in [1.29, 1.82) is 0 Å². The molecule has 0 aliphatic carbocycles. The van der Waals surface area contributed by atoms with Crippen molar-refractivity contribution < 1.29 is 18.6 Å². The second-order valence-electron chi connectivity index (χ2n) is 4.67. The van der Waals surface area contributed by atoms with Gasteiger partial charge in [-0.2, -0.15) is 0 Å². The standard InChI is InChI=1S/C14H21FN2O3/c1-2-3-20-14-7-13(12(16)6-11(14)15)17-8-10-9-18-4-5-19-10/h6-7,10,17H,2-5,8-9,16H2,1H3. The molecule has 1 fully saturated rings. The van der Waals surface area contributed by atoms with E-state index in [1.807, 2.05) is 6.92 Å². The molecule has 6 heteroatoms. The van der Waals surface area contributed by atoms with Gasteiger partial charge in [-0.15, -0.1) is 0 Å². The Bertz CT molecular complexity index is 437. The van der Waals surface area contributed by atoms with Gasteiger partial charge in [-0.05, 0) is 6.42 Å². The highest BCUT2D eigenvalue weighted by Gasteiger charge is 2.15. The van der Waals surface area contributed by atoms with E-state index in [-0.39, 0.29) is 11.9 Å². The van der Waals surface area contributed by atoms with Crippen LogP contribution in [-0.2, 0) is 9.47 Å². The van der Waals surface area contributed by atoms with Crippen molar-refractivity contribution in [2.24, 2.45) is 0 Å². The summed E-state index contributed by atoms with van der Waals surface area (Å²) in [6.07, 6.45) is 0.799. The van der Waals surface area contributed by atoms with Crippen LogP contribution in [0.2, 0.25) is 0 Å². The Balaban J connectivity index is 1.98. The summed E-state index contributed by atoms with van der Waals surface area (Å²) < 4.78 is 29.9. The third-order valence-electron chi connectivity index (χ3n) is 2.97. The highest BCUT2D eigenvalue weighted by molar-refractivity contribution is 5.68. The number of nitrogen functional groups attached to an aromatic ring is 1. The summed E-state index contributed by atoms with van der Waals surface area (Å²) in [5, 5.41) is 3.15. The van der Waals surface area contributed by atoms with Crippen molar-refractivity contribution in [2.45, 2.75) is 19.4 Å². The predicted molar refractivity (Wildman–Crippen MR) is 75.6 cm³/mol. The lowest BCUT2D eigenvalue weighted by atomic mass is 10.2. The van der Waals surface area contributed by atoms with Crippen LogP contribution in [0.25, 0.3) is 0 Å². The molecule has 112 valence electrons. The average molecular weight is 284 g/mol. The zero-order valence-electron chi connectivity index (χ0n) is 11.7. The van der Waals surface area contributed by atoms with Crippen LogP contribution in [-0.4, -0.2) is 39.1 Å². The van der Waals surface area contributed by atoms with Crippen LogP contribution >= 0.6 is 0 Å². The molecule has 0 amide bonds. The lowest BCUT2D eigenvalue weighted by molar-refractivity contribution is -0.0818. The van der Waals surface area contributed by atoms with Gasteiger partial charge in [-0.3, -0.25) is 0 Å². The first-order valence-corrected chi connectivity index (χ1v) is 6.85. The zero-order chi connectivity index (χ0) is 14.4. The van der Waals surface area contributed by atoms with Crippen molar-refractivity contribution in [1.82, 2.24) is 0 Å². The summed E-state index contributed by atoms with van der Waals surface area (Å²) in [5.41, 5.74) is 6.80. The van der Waals surface area contributed by atoms with Crippen molar-refractivity contribution >= 4 is 11.4 Å². The maximum Gasteiger partial charge on any atom is 0.167 e. The molecule has 1 saturated heterocycles. The first kappa shape index (κ1) is 14.9. The SMILES string of the molecule is CCCOc1cc(NCC2COCCO2)c(N)cc1F. The lowest BCUT2D eigenvalue weighted by Gasteiger charge is -2.24. The minimum Gasteiger partial charge on any atom is -0.490 e. The van der Waals surface area contributed by atoms with E-state index in [0.717, 1.165) is 6.42 Å². The molecular weight excluding hydrogens is 263 g/mol. The van der Waals surface area contributed by atoms with Gasteiger partial charge in [0, 0.05) is 18.7 Å². The molecule has 1 aliphatic heterocycles. The van der Waals surface area contributed by atoms with Gasteiger partial charge in [0.05, 0.1) is 43.9 Å². The van der Waals surface area contributed by atoms with Crippen LogP contribution < -0.4 is 15.8 Å². The van der Waals surface area contributed by atoms with Crippen LogP contribution in [0.4, 0.5) is 15.8 Å². The molecule has 0 spiro atoms. The number of benzene rings is 1. The third-order valence-corrected chi connectivity index (χ3v) is 2.97. The summed E-state index contributed by atoms with van der Waals surface area (Å²) in [4.78, 5) is 0. The summed E-state index contributed by atoms with van der Waals surface area (Å²) in [6.45, 7) is 4.77. The number of nitrogens with one attached hydrogen (secondary N) is 1. The molecule has 1 unspecified atom stereocenters. The van der Waals surface area contributed by atoms with Gasteiger partial charge < -0.3 is 25.3 Å². The summed E-state index contributed by atoms with van der Waals surface area (Å²) in [5.74, 6) is -0.233. The molecule has 20 heavy (non-hydrogen) atoms. The minimum absolute atomic E-state index is 0.0202. The van der Waals surface area contributed by atoms with Gasteiger partial charge in [0.25, 0.3) is 0 Å². The van der Waals surface area contributed by atoms with Gasteiger partial charge in [0.1, 0.15) is 0 Å². The Morgan fingerprint density at radius 2 is 2.30 bits per heavy atom. The summed E-state index contributed by atoms with van der Waals surface area (Å²) in [7, 11) is 0. The fourth-order valence-corrected chi connectivity index (χ4v) is 1.92. The lowest BCUT2D eigenvalue weighted by Crippen LogP contribution is -2.34. The highest BCUT2D eigenvalue weighted by Crippen LogP contribution is 2.28. The number of ether oxygens (including phenoxy) is 3. The molecular formula is C14H21FN2O3. The fraction of sp³-hybridized carbons (Fsp3) is 0.571. The van der Waals surface area contributed by atoms with Gasteiger partial charge in [-0.1, -0.05) is 6.92 Å². The van der Waals surface area contributed by atoms with E-state index in [1.165, 1.54) is 6.07 Å². The minimum atomic E-state index is -0.446. The van der Waals surface area contributed by atoms with E-state index < -0.39 is 5.82 Å². The first-order valence-electron chi connectivity index (χ1n) is 6.85. The molecule has 1 atom stereocenters. The number of anilines is 2. The third kappa shape index (κ3) is 3.98. The van der Waals surface area contributed by atoms with Crippen LogP contribution in [0.3, 0.4) is 0 Å². The Kier molecular flexibility index (Phi) is 5.43. The second kappa shape index (κ2) is 7.31. The van der Waals surface area contributed by atoms with E-state index in [1.54, 1.807) is 6.07 Å². The normalized spacial score (nSPS) is 18.8. The molecule has 0 aromatic heterocycles. The molecule has 1 aromatic carbocycles. The van der Waals surface area contributed by atoms with Crippen LogP contribution in [0.15, 0.2) is 12.1 Å². The van der Waals surface area contributed by atoms with E-state index in [0.29, 0.717) is 44.3 Å². The molecule has 0 saturated carbocycles. The zero-order valence-corrected chi connectivity index (χ0v) is 11.7. The molecule has 0 bridgehead atoms. The van der Waals surface area contributed by atoms with Gasteiger partial charge >= 0.3 is 0 Å². The monoisotopic (exact) mass is 284 g/mol. The highest BCUT2D eigenvalue weighted by atomic mass is 19.1. The smallest absolute Gasteiger partial charge is 0.167 e. The van der Waals surface area contributed by atoms with Gasteiger partial charge in [0.2, 0.25) is 0 Å².